The molecule has 0 bridgehead atoms. The van der Waals surface area contributed by atoms with Crippen molar-refractivity contribution in [3.8, 4) is 0 Å². The summed E-state index contributed by atoms with van der Waals surface area (Å²) in [6.45, 7) is 3.26. The van der Waals surface area contributed by atoms with Crippen molar-refractivity contribution in [1.29, 1.82) is 0 Å². The van der Waals surface area contributed by atoms with Crippen LogP contribution in [0.25, 0.3) is 0 Å². The molecule has 9 heteroatoms. The van der Waals surface area contributed by atoms with Gasteiger partial charge in [-0.2, -0.15) is 0 Å². The summed E-state index contributed by atoms with van der Waals surface area (Å²) in [5.74, 6) is -2.16. The third-order valence-electron chi connectivity index (χ3n) is 2.87. The lowest BCUT2D eigenvalue weighted by atomic mass is 10.1. The smallest absolute Gasteiger partial charge is 0.235 e. The number of benzene rings is 1. The van der Waals surface area contributed by atoms with Gasteiger partial charge in [0.2, 0.25) is 13.0 Å². The Balaban J connectivity index is 2.54. The van der Waals surface area contributed by atoms with Crippen LogP contribution in [0, 0.1) is 11.6 Å². The molecule has 4 nitrogen and oxygen atoms in total. The molecule has 21 heavy (non-hydrogen) atoms. The Morgan fingerprint density at radius 3 is 2.33 bits per heavy atom. The summed E-state index contributed by atoms with van der Waals surface area (Å²) < 4.78 is 50.2. The van der Waals surface area contributed by atoms with Crippen molar-refractivity contribution in [3.63, 3.8) is 0 Å². The summed E-state index contributed by atoms with van der Waals surface area (Å²) in [4.78, 5) is 4.97. The van der Waals surface area contributed by atoms with Crippen molar-refractivity contribution in [2.75, 3.05) is 0 Å². The van der Waals surface area contributed by atoms with Crippen LogP contribution in [0.3, 0.4) is 0 Å². The number of rotatable bonds is 2. The maximum absolute atomic E-state index is 13.8. The van der Waals surface area contributed by atoms with Crippen molar-refractivity contribution < 1.29 is 22.0 Å². The van der Waals surface area contributed by atoms with Crippen molar-refractivity contribution in [1.82, 2.24) is 0 Å². The zero-order valence-electron chi connectivity index (χ0n) is 11.0. The van der Waals surface area contributed by atoms with Gasteiger partial charge in [0, 0.05) is 6.42 Å². The maximum atomic E-state index is 13.8. The van der Waals surface area contributed by atoms with Gasteiger partial charge in [-0.25, -0.2) is 17.2 Å². The van der Waals surface area contributed by atoms with Gasteiger partial charge in [0.05, 0.1) is 5.56 Å². The van der Waals surface area contributed by atoms with E-state index in [1.807, 2.05) is 0 Å². The number of nitrogens with zero attached hydrogens (tertiary/aromatic N) is 1. The molecule has 0 N–H and O–H groups in total. The van der Waals surface area contributed by atoms with Crippen LogP contribution in [0.2, 0.25) is 0 Å². The van der Waals surface area contributed by atoms with E-state index in [0.717, 1.165) is 18.2 Å². The van der Waals surface area contributed by atoms with Crippen molar-refractivity contribution >= 4 is 42.4 Å². The van der Waals surface area contributed by atoms with Crippen LogP contribution in [0.4, 0.5) is 8.78 Å². The molecule has 0 saturated heterocycles. The Kier molecular flexibility index (Phi) is 4.10. The maximum Gasteiger partial charge on any atom is 0.235 e. The predicted molar refractivity (Wildman–Crippen MR) is 79.0 cm³/mol. The molecule has 0 amide bonds. The molecule has 0 fully saturated rings. The number of oxime groups is 1. The molecule has 0 aromatic heterocycles. The van der Waals surface area contributed by atoms with Gasteiger partial charge >= 0.3 is 0 Å². The minimum atomic E-state index is -4.38. The summed E-state index contributed by atoms with van der Waals surface area (Å²) in [6.07, 6.45) is -0.0501. The van der Waals surface area contributed by atoms with Crippen LogP contribution < -0.4 is 0 Å². The molecule has 1 atom stereocenters. The Bertz CT molecular complexity index is 699. The number of halogens is 4. The fourth-order valence-electron chi connectivity index (χ4n) is 1.81. The van der Waals surface area contributed by atoms with Crippen LogP contribution in [0.5, 0.6) is 0 Å². The first kappa shape index (κ1) is 16.6. The van der Waals surface area contributed by atoms with Crippen LogP contribution >= 0.6 is 27.5 Å². The number of sulfone groups is 1. The highest BCUT2D eigenvalue weighted by molar-refractivity contribution is 9.12. The highest BCUT2D eigenvalue weighted by Gasteiger charge is 2.51. The number of hydrogen-bond acceptors (Lipinski definition) is 4. The second-order valence-corrected chi connectivity index (χ2v) is 10.2. The Morgan fingerprint density at radius 1 is 1.38 bits per heavy atom. The molecule has 1 aliphatic rings. The van der Waals surface area contributed by atoms with Gasteiger partial charge in [0.15, 0.2) is 5.04 Å². The molecule has 2 rings (SSSR count). The fourth-order valence-corrected chi connectivity index (χ4v) is 4.63. The number of hydrogen-bond donors (Lipinski definition) is 0. The first-order chi connectivity index (χ1) is 9.49. The largest absolute Gasteiger partial charge is 0.389 e. The summed E-state index contributed by atoms with van der Waals surface area (Å²) in [5, 5.41) is 3.11. The van der Waals surface area contributed by atoms with E-state index in [9.17, 15) is 17.2 Å². The van der Waals surface area contributed by atoms with E-state index >= 15 is 0 Å². The predicted octanol–water partition coefficient (Wildman–Crippen LogP) is 3.64. The standard InChI is InChI=1S/C12H11BrClF2NO3S/c1-11(2)6-9(17-20-11)21(18,19)12(13,14)10-7(15)4-3-5-8(10)16/h3-5H,6H2,1-2H3. The molecule has 0 radical (unpaired) electrons. The summed E-state index contributed by atoms with van der Waals surface area (Å²) in [6, 6.07) is 2.95. The molecule has 1 aliphatic heterocycles. The van der Waals surface area contributed by atoms with E-state index < -0.39 is 35.8 Å². The Morgan fingerprint density at radius 2 is 1.90 bits per heavy atom. The van der Waals surface area contributed by atoms with Crippen molar-refractivity contribution in [2.45, 2.75) is 29.0 Å². The normalized spacial score (nSPS) is 20.6. The Labute approximate surface area is 134 Å². The van der Waals surface area contributed by atoms with Gasteiger partial charge in [0.1, 0.15) is 17.2 Å². The van der Waals surface area contributed by atoms with Gasteiger partial charge in [-0.3, -0.25) is 0 Å². The lowest BCUT2D eigenvalue weighted by molar-refractivity contribution is 0.0123. The topological polar surface area (TPSA) is 55.7 Å². The third kappa shape index (κ3) is 2.80. The van der Waals surface area contributed by atoms with Gasteiger partial charge in [-0.15, -0.1) is 0 Å². The average molecular weight is 403 g/mol. The molecule has 1 unspecified atom stereocenters. The summed E-state index contributed by atoms with van der Waals surface area (Å²) in [5.41, 5.74) is -1.63. The first-order valence-corrected chi connectivity index (χ1v) is 8.46. The van der Waals surface area contributed by atoms with E-state index in [2.05, 4.69) is 21.1 Å². The van der Waals surface area contributed by atoms with E-state index in [-0.39, 0.29) is 11.5 Å². The van der Waals surface area contributed by atoms with E-state index in [4.69, 9.17) is 16.4 Å². The quantitative estimate of drug-likeness (QED) is 0.710. The second kappa shape index (κ2) is 5.17. The minimum absolute atomic E-state index is 0.0501. The van der Waals surface area contributed by atoms with Gasteiger partial charge in [0.25, 0.3) is 0 Å². The molecule has 0 spiro atoms. The highest BCUT2D eigenvalue weighted by Crippen LogP contribution is 2.46. The molecule has 0 saturated carbocycles. The van der Waals surface area contributed by atoms with Gasteiger partial charge < -0.3 is 4.84 Å². The fraction of sp³-hybridized carbons (Fsp3) is 0.417. The highest BCUT2D eigenvalue weighted by atomic mass is 79.9. The van der Waals surface area contributed by atoms with Crippen LogP contribution in [-0.4, -0.2) is 19.1 Å². The van der Waals surface area contributed by atoms with Crippen LogP contribution in [0.15, 0.2) is 23.4 Å². The van der Waals surface area contributed by atoms with Gasteiger partial charge in [-0.1, -0.05) is 22.8 Å². The molecule has 1 heterocycles. The summed E-state index contributed by atoms with van der Waals surface area (Å²) in [7, 11) is -4.38. The van der Waals surface area contributed by atoms with Crippen LogP contribution in [0.1, 0.15) is 25.8 Å². The Hall–Kier alpha value is -0.730. The molecule has 1 aromatic carbocycles. The minimum Gasteiger partial charge on any atom is -0.389 e. The monoisotopic (exact) mass is 401 g/mol. The first-order valence-electron chi connectivity index (χ1n) is 5.81. The van der Waals surface area contributed by atoms with E-state index in [1.165, 1.54) is 0 Å². The van der Waals surface area contributed by atoms with Gasteiger partial charge in [-0.05, 0) is 41.9 Å². The second-order valence-electron chi connectivity index (χ2n) is 5.13. The van der Waals surface area contributed by atoms with Crippen molar-refractivity contribution in [3.05, 3.63) is 35.4 Å². The van der Waals surface area contributed by atoms with Crippen LogP contribution in [-0.2, 0) is 17.8 Å². The van der Waals surface area contributed by atoms with Crippen molar-refractivity contribution in [2.24, 2.45) is 5.16 Å². The molecular formula is C12H11BrClF2NO3S. The lowest BCUT2D eigenvalue weighted by Crippen LogP contribution is -2.33. The van der Waals surface area contributed by atoms with E-state index in [1.54, 1.807) is 13.8 Å². The zero-order valence-corrected chi connectivity index (χ0v) is 14.2. The lowest BCUT2D eigenvalue weighted by Gasteiger charge is -2.22. The third-order valence-corrected chi connectivity index (χ3v) is 7.06. The molecule has 0 aliphatic carbocycles. The molecule has 116 valence electrons. The SMILES string of the molecule is CC1(C)CC(S(=O)(=O)C(Cl)(Br)c2c(F)cccc2F)=NO1. The zero-order chi connectivity index (χ0) is 16.1. The molecular weight excluding hydrogens is 392 g/mol. The van der Waals surface area contributed by atoms with E-state index in [0.29, 0.717) is 0 Å². The average Bonchev–Trinajstić information content (AvgIpc) is 2.69. The number of alkyl halides is 2. The molecule has 1 aromatic rings. The summed E-state index contributed by atoms with van der Waals surface area (Å²) >= 11 is 8.67.